The minimum Gasteiger partial charge on any atom is -0.385 e. The summed E-state index contributed by atoms with van der Waals surface area (Å²) in [6.07, 6.45) is 2.14. The van der Waals surface area contributed by atoms with Crippen molar-refractivity contribution in [1.82, 2.24) is 0 Å². The number of aliphatic hydroxyl groups is 1. The van der Waals surface area contributed by atoms with E-state index in [0.717, 1.165) is 6.42 Å². The Labute approximate surface area is 81.3 Å². The Morgan fingerprint density at radius 2 is 1.77 bits per heavy atom. The number of hydrogen-bond donors (Lipinski definition) is 1. The summed E-state index contributed by atoms with van der Waals surface area (Å²) >= 11 is 0. The molecule has 0 saturated heterocycles. The van der Waals surface area contributed by atoms with Gasteiger partial charge in [0.05, 0.1) is 0 Å². The van der Waals surface area contributed by atoms with Crippen LogP contribution >= 0.6 is 0 Å². The molecule has 0 aromatic carbocycles. The molecule has 0 radical (unpaired) electrons. The predicted molar refractivity (Wildman–Crippen MR) is 54.5 cm³/mol. The lowest BCUT2D eigenvalue weighted by molar-refractivity contribution is -0.125. The minimum absolute atomic E-state index is 0.114. The summed E-state index contributed by atoms with van der Waals surface area (Å²) in [5.74, 6) is 1.04. The largest absolute Gasteiger partial charge is 0.385 e. The molecule has 0 saturated carbocycles. The summed E-state index contributed by atoms with van der Waals surface area (Å²) < 4.78 is 0. The molecular weight excluding hydrogens is 164 g/mol. The Bertz CT molecular complexity index is 152. The third-order valence-corrected chi connectivity index (χ3v) is 2.33. The molecule has 0 fully saturated rings. The van der Waals surface area contributed by atoms with Crippen LogP contribution in [0, 0.1) is 11.8 Å². The quantitative estimate of drug-likeness (QED) is 0.691. The second kappa shape index (κ2) is 6.14. The van der Waals surface area contributed by atoms with E-state index in [4.69, 9.17) is 0 Å². The van der Waals surface area contributed by atoms with E-state index in [0.29, 0.717) is 18.3 Å². The Balaban J connectivity index is 3.61. The molecule has 2 heteroatoms. The highest BCUT2D eigenvalue weighted by atomic mass is 16.3. The van der Waals surface area contributed by atoms with Crippen LogP contribution in [0.15, 0.2) is 0 Å². The summed E-state index contributed by atoms with van der Waals surface area (Å²) in [5, 5.41) is 9.31. The molecular formula is C11H22O2. The van der Waals surface area contributed by atoms with Crippen LogP contribution in [-0.2, 0) is 4.79 Å². The maximum absolute atomic E-state index is 10.8. The summed E-state index contributed by atoms with van der Waals surface area (Å²) in [5.41, 5.74) is 0. The Morgan fingerprint density at radius 1 is 1.23 bits per heavy atom. The fourth-order valence-corrected chi connectivity index (χ4v) is 1.28. The van der Waals surface area contributed by atoms with Crippen molar-refractivity contribution in [3.8, 4) is 0 Å². The predicted octanol–water partition coefficient (Wildman–Crippen LogP) is 2.40. The van der Waals surface area contributed by atoms with Crippen molar-refractivity contribution in [1.29, 1.82) is 0 Å². The fraction of sp³-hybridized carbons (Fsp3) is 0.909. The highest BCUT2D eigenvalue weighted by Crippen LogP contribution is 2.16. The Morgan fingerprint density at radius 3 is 2.15 bits per heavy atom. The molecule has 0 bridgehead atoms. The van der Waals surface area contributed by atoms with E-state index in [1.165, 1.54) is 13.3 Å². The normalized spacial score (nSPS) is 15.8. The van der Waals surface area contributed by atoms with Crippen LogP contribution in [0.1, 0.15) is 47.0 Å². The maximum atomic E-state index is 10.8. The lowest BCUT2D eigenvalue weighted by atomic mass is 9.93. The van der Waals surface area contributed by atoms with Gasteiger partial charge in [0.1, 0.15) is 6.10 Å². The van der Waals surface area contributed by atoms with E-state index < -0.39 is 6.10 Å². The van der Waals surface area contributed by atoms with Crippen LogP contribution in [0.25, 0.3) is 0 Å². The molecule has 0 aromatic rings. The van der Waals surface area contributed by atoms with Crippen LogP contribution < -0.4 is 0 Å². The maximum Gasteiger partial charge on any atom is 0.158 e. The van der Waals surface area contributed by atoms with Gasteiger partial charge in [-0.3, -0.25) is 4.79 Å². The first kappa shape index (κ1) is 12.6. The zero-order valence-corrected chi connectivity index (χ0v) is 9.21. The highest BCUT2D eigenvalue weighted by molar-refractivity contribution is 5.80. The van der Waals surface area contributed by atoms with Gasteiger partial charge < -0.3 is 5.11 Å². The zero-order valence-electron chi connectivity index (χ0n) is 9.21. The fourth-order valence-electron chi connectivity index (χ4n) is 1.28. The number of carbonyl (C=O) groups is 1. The van der Waals surface area contributed by atoms with Gasteiger partial charge in [-0.2, -0.15) is 0 Å². The second-order valence-electron chi connectivity index (χ2n) is 4.44. The first-order valence-corrected chi connectivity index (χ1v) is 5.12. The van der Waals surface area contributed by atoms with Gasteiger partial charge in [0, 0.05) is 0 Å². The van der Waals surface area contributed by atoms with E-state index >= 15 is 0 Å². The number of ketones is 1. The standard InChI is InChI=1S/C11H22O2/c1-8(2)5-6-9(3)7-11(13)10(4)12/h8-9,11,13H,5-7H2,1-4H3. The number of aliphatic hydroxyl groups excluding tert-OH is 1. The summed E-state index contributed by atoms with van der Waals surface area (Å²) in [6, 6.07) is 0. The summed E-state index contributed by atoms with van der Waals surface area (Å²) in [7, 11) is 0. The van der Waals surface area contributed by atoms with Crippen molar-refractivity contribution in [3.63, 3.8) is 0 Å². The molecule has 2 atom stereocenters. The van der Waals surface area contributed by atoms with Crippen molar-refractivity contribution in [2.24, 2.45) is 11.8 Å². The second-order valence-corrected chi connectivity index (χ2v) is 4.44. The molecule has 0 amide bonds. The molecule has 78 valence electrons. The number of carbonyl (C=O) groups excluding carboxylic acids is 1. The third kappa shape index (κ3) is 6.76. The van der Waals surface area contributed by atoms with Crippen LogP contribution in [-0.4, -0.2) is 17.0 Å². The Kier molecular flexibility index (Phi) is 5.97. The van der Waals surface area contributed by atoms with Gasteiger partial charge in [0.15, 0.2) is 5.78 Å². The topological polar surface area (TPSA) is 37.3 Å². The summed E-state index contributed by atoms with van der Waals surface area (Å²) in [4.78, 5) is 10.8. The minimum atomic E-state index is -0.748. The van der Waals surface area contributed by atoms with Crippen molar-refractivity contribution in [3.05, 3.63) is 0 Å². The van der Waals surface area contributed by atoms with E-state index in [-0.39, 0.29) is 5.78 Å². The lowest BCUT2D eigenvalue weighted by Gasteiger charge is -2.15. The lowest BCUT2D eigenvalue weighted by Crippen LogP contribution is -2.20. The zero-order chi connectivity index (χ0) is 10.4. The van der Waals surface area contributed by atoms with Gasteiger partial charge in [-0.1, -0.05) is 33.6 Å². The van der Waals surface area contributed by atoms with Crippen molar-refractivity contribution < 1.29 is 9.90 Å². The van der Waals surface area contributed by atoms with E-state index in [9.17, 15) is 9.90 Å². The highest BCUT2D eigenvalue weighted by Gasteiger charge is 2.14. The number of rotatable bonds is 6. The first-order chi connectivity index (χ1) is 5.93. The van der Waals surface area contributed by atoms with Crippen LogP contribution in [0.4, 0.5) is 0 Å². The van der Waals surface area contributed by atoms with E-state index in [1.807, 2.05) is 0 Å². The van der Waals surface area contributed by atoms with Crippen molar-refractivity contribution >= 4 is 5.78 Å². The van der Waals surface area contributed by atoms with Gasteiger partial charge >= 0.3 is 0 Å². The third-order valence-electron chi connectivity index (χ3n) is 2.33. The molecule has 0 heterocycles. The van der Waals surface area contributed by atoms with Crippen molar-refractivity contribution in [2.75, 3.05) is 0 Å². The van der Waals surface area contributed by atoms with Gasteiger partial charge in [0.2, 0.25) is 0 Å². The molecule has 1 N–H and O–H groups in total. The summed E-state index contributed by atoms with van der Waals surface area (Å²) in [6.45, 7) is 7.91. The SMILES string of the molecule is CC(=O)C(O)CC(C)CCC(C)C. The van der Waals surface area contributed by atoms with Gasteiger partial charge in [-0.05, 0) is 25.2 Å². The molecule has 0 aliphatic rings. The molecule has 13 heavy (non-hydrogen) atoms. The first-order valence-electron chi connectivity index (χ1n) is 5.12. The van der Waals surface area contributed by atoms with Crippen LogP contribution in [0.2, 0.25) is 0 Å². The number of Topliss-reactive ketones (excluding diaryl/α,β-unsaturated/α-hetero) is 1. The monoisotopic (exact) mass is 186 g/mol. The number of hydrogen-bond acceptors (Lipinski definition) is 2. The van der Waals surface area contributed by atoms with E-state index in [1.54, 1.807) is 0 Å². The van der Waals surface area contributed by atoms with Crippen LogP contribution in [0.5, 0.6) is 0 Å². The van der Waals surface area contributed by atoms with Gasteiger partial charge in [-0.25, -0.2) is 0 Å². The van der Waals surface area contributed by atoms with Gasteiger partial charge in [0.25, 0.3) is 0 Å². The molecule has 0 aliphatic heterocycles. The molecule has 0 aliphatic carbocycles. The molecule has 2 unspecified atom stereocenters. The average molecular weight is 186 g/mol. The molecule has 0 spiro atoms. The smallest absolute Gasteiger partial charge is 0.158 e. The molecule has 0 rings (SSSR count). The average Bonchev–Trinajstić information content (AvgIpc) is 2.00. The van der Waals surface area contributed by atoms with E-state index in [2.05, 4.69) is 20.8 Å². The molecule has 0 aromatic heterocycles. The molecule has 2 nitrogen and oxygen atoms in total. The van der Waals surface area contributed by atoms with Crippen molar-refractivity contribution in [2.45, 2.75) is 53.1 Å². The van der Waals surface area contributed by atoms with Crippen LogP contribution in [0.3, 0.4) is 0 Å². The van der Waals surface area contributed by atoms with Gasteiger partial charge in [-0.15, -0.1) is 0 Å². The Hall–Kier alpha value is -0.370.